The molecule has 1 saturated carbocycles. The highest BCUT2D eigenvalue weighted by atomic mass is 16.6. The second-order valence-electron chi connectivity index (χ2n) is 9.21. The number of rotatable bonds is 6. The molecule has 0 radical (unpaired) electrons. The van der Waals surface area contributed by atoms with Crippen LogP contribution in [0.25, 0.3) is 0 Å². The molecule has 6 nitrogen and oxygen atoms in total. The predicted molar refractivity (Wildman–Crippen MR) is 114 cm³/mol. The van der Waals surface area contributed by atoms with E-state index >= 15 is 0 Å². The van der Waals surface area contributed by atoms with Crippen molar-refractivity contribution in [3.05, 3.63) is 29.8 Å². The van der Waals surface area contributed by atoms with Crippen LogP contribution in [0.5, 0.6) is 5.75 Å². The molecule has 0 spiro atoms. The largest absolute Gasteiger partial charge is 0.497 e. The first kappa shape index (κ1) is 23.0. The Bertz CT molecular complexity index is 679. The Morgan fingerprint density at radius 2 is 1.76 bits per heavy atom. The molecule has 2 unspecified atom stereocenters. The van der Waals surface area contributed by atoms with Gasteiger partial charge in [-0.05, 0) is 69.6 Å². The van der Waals surface area contributed by atoms with Crippen LogP contribution in [0.2, 0.25) is 0 Å². The molecular formula is C23H36N2O4. The Labute approximate surface area is 174 Å². The quantitative estimate of drug-likeness (QED) is 0.737. The summed E-state index contributed by atoms with van der Waals surface area (Å²) < 4.78 is 10.6. The molecule has 2 amide bonds. The van der Waals surface area contributed by atoms with Gasteiger partial charge in [0.1, 0.15) is 17.4 Å². The van der Waals surface area contributed by atoms with Gasteiger partial charge in [0.05, 0.1) is 7.11 Å². The van der Waals surface area contributed by atoms with Crippen LogP contribution in [-0.2, 0) is 9.53 Å². The van der Waals surface area contributed by atoms with Crippen molar-refractivity contribution in [2.45, 2.75) is 83.9 Å². The van der Waals surface area contributed by atoms with Crippen molar-refractivity contribution in [3.63, 3.8) is 0 Å². The molecule has 0 bridgehead atoms. The smallest absolute Gasteiger partial charge is 0.408 e. The molecule has 6 heteroatoms. The minimum Gasteiger partial charge on any atom is -0.497 e. The Hall–Kier alpha value is -2.24. The van der Waals surface area contributed by atoms with Crippen molar-refractivity contribution in [1.29, 1.82) is 0 Å². The lowest BCUT2D eigenvalue weighted by Crippen LogP contribution is -2.53. The second-order valence-corrected chi connectivity index (χ2v) is 9.21. The van der Waals surface area contributed by atoms with Crippen molar-refractivity contribution in [3.8, 4) is 5.75 Å². The van der Waals surface area contributed by atoms with Crippen LogP contribution in [0.3, 0.4) is 0 Å². The topological polar surface area (TPSA) is 76.7 Å². The number of hydrogen-bond acceptors (Lipinski definition) is 4. The van der Waals surface area contributed by atoms with Crippen LogP contribution >= 0.6 is 0 Å². The number of nitrogens with one attached hydrogen (secondary N) is 2. The number of alkyl carbamates (subject to hydrolysis) is 1. The molecule has 0 aromatic heterocycles. The average Bonchev–Trinajstić information content (AvgIpc) is 2.64. The Kier molecular flexibility index (Phi) is 7.94. The lowest BCUT2D eigenvalue weighted by molar-refractivity contribution is -0.125. The maximum Gasteiger partial charge on any atom is 0.408 e. The first-order chi connectivity index (χ1) is 13.6. The molecule has 3 atom stereocenters. The Morgan fingerprint density at radius 3 is 2.31 bits per heavy atom. The summed E-state index contributed by atoms with van der Waals surface area (Å²) in [5.74, 6) is 1.08. The third-order valence-electron chi connectivity index (χ3n) is 5.23. The van der Waals surface area contributed by atoms with Crippen LogP contribution in [0.4, 0.5) is 4.79 Å². The summed E-state index contributed by atoms with van der Waals surface area (Å²) in [5, 5.41) is 5.89. The molecule has 2 rings (SSSR count). The summed E-state index contributed by atoms with van der Waals surface area (Å²) in [7, 11) is 1.66. The zero-order valence-electron chi connectivity index (χ0n) is 18.6. The Morgan fingerprint density at radius 1 is 1.10 bits per heavy atom. The van der Waals surface area contributed by atoms with Crippen molar-refractivity contribution in [2.24, 2.45) is 5.92 Å². The number of amides is 2. The van der Waals surface area contributed by atoms with Gasteiger partial charge in [0.15, 0.2) is 0 Å². The standard InChI is InChI=1S/C23H36N2O4/c1-15(2)20(25-22(27)29-23(3,4)5)21(26)24-18-9-7-8-17(14-18)16-10-12-19(28-6)13-11-16/h10-13,15,17-18,20H,7-9,14H2,1-6H3,(H,24,26)(H,25,27)/t17?,18?,20-/m0/s1. The number of benzene rings is 1. The molecule has 29 heavy (non-hydrogen) atoms. The number of carbonyl (C=O) groups is 2. The molecule has 0 aliphatic heterocycles. The third kappa shape index (κ3) is 7.26. The fraction of sp³-hybridized carbons (Fsp3) is 0.652. The van der Waals surface area contributed by atoms with Crippen LogP contribution < -0.4 is 15.4 Å². The Balaban J connectivity index is 1.96. The molecule has 1 fully saturated rings. The van der Waals surface area contributed by atoms with Gasteiger partial charge < -0.3 is 20.1 Å². The SMILES string of the molecule is COc1ccc(C2CCCC(NC(=O)[C@@H](NC(=O)OC(C)(C)C)C(C)C)C2)cc1. The van der Waals surface area contributed by atoms with Gasteiger partial charge in [-0.15, -0.1) is 0 Å². The van der Waals surface area contributed by atoms with E-state index in [1.165, 1.54) is 5.56 Å². The van der Waals surface area contributed by atoms with E-state index in [1.807, 2.05) is 26.0 Å². The van der Waals surface area contributed by atoms with Gasteiger partial charge in [-0.3, -0.25) is 4.79 Å². The lowest BCUT2D eigenvalue weighted by Gasteiger charge is -2.32. The van der Waals surface area contributed by atoms with Crippen LogP contribution in [0, 0.1) is 5.92 Å². The zero-order chi connectivity index (χ0) is 21.6. The summed E-state index contributed by atoms with van der Waals surface area (Å²) in [6, 6.07) is 7.66. The molecule has 2 N–H and O–H groups in total. The van der Waals surface area contributed by atoms with E-state index in [9.17, 15) is 9.59 Å². The summed E-state index contributed by atoms with van der Waals surface area (Å²) in [6.45, 7) is 9.25. The number of ether oxygens (including phenoxy) is 2. The molecule has 1 aromatic carbocycles. The van der Waals surface area contributed by atoms with E-state index in [-0.39, 0.29) is 17.9 Å². The van der Waals surface area contributed by atoms with Gasteiger partial charge in [0.25, 0.3) is 0 Å². The summed E-state index contributed by atoms with van der Waals surface area (Å²) in [6.07, 6.45) is 3.46. The summed E-state index contributed by atoms with van der Waals surface area (Å²) in [4.78, 5) is 25.0. The van der Waals surface area contributed by atoms with Crippen LogP contribution in [0.15, 0.2) is 24.3 Å². The van der Waals surface area contributed by atoms with E-state index in [0.717, 1.165) is 31.4 Å². The van der Waals surface area contributed by atoms with Gasteiger partial charge in [-0.25, -0.2) is 4.79 Å². The molecule has 1 aliphatic carbocycles. The van der Waals surface area contributed by atoms with Crippen molar-refractivity contribution < 1.29 is 19.1 Å². The molecular weight excluding hydrogens is 368 g/mol. The van der Waals surface area contributed by atoms with Crippen molar-refractivity contribution in [1.82, 2.24) is 10.6 Å². The van der Waals surface area contributed by atoms with E-state index in [4.69, 9.17) is 9.47 Å². The summed E-state index contributed by atoms with van der Waals surface area (Å²) in [5.41, 5.74) is 0.675. The lowest BCUT2D eigenvalue weighted by atomic mass is 9.81. The highest BCUT2D eigenvalue weighted by Gasteiger charge is 2.30. The molecule has 1 aromatic rings. The zero-order valence-corrected chi connectivity index (χ0v) is 18.6. The summed E-state index contributed by atoms with van der Waals surface area (Å²) >= 11 is 0. The first-order valence-corrected chi connectivity index (χ1v) is 10.5. The van der Waals surface area contributed by atoms with Crippen LogP contribution in [-0.4, -0.2) is 36.8 Å². The van der Waals surface area contributed by atoms with E-state index in [1.54, 1.807) is 27.9 Å². The van der Waals surface area contributed by atoms with Crippen molar-refractivity contribution in [2.75, 3.05) is 7.11 Å². The number of carbonyl (C=O) groups excluding carboxylic acids is 2. The van der Waals surface area contributed by atoms with E-state index in [0.29, 0.717) is 5.92 Å². The highest BCUT2D eigenvalue weighted by Crippen LogP contribution is 2.33. The van der Waals surface area contributed by atoms with E-state index in [2.05, 4.69) is 22.8 Å². The minimum atomic E-state index is -0.619. The van der Waals surface area contributed by atoms with Crippen molar-refractivity contribution >= 4 is 12.0 Å². The molecule has 0 saturated heterocycles. The van der Waals surface area contributed by atoms with Gasteiger partial charge in [-0.1, -0.05) is 32.4 Å². The molecule has 1 aliphatic rings. The fourth-order valence-electron chi connectivity index (χ4n) is 3.76. The maximum atomic E-state index is 12.9. The fourth-order valence-corrected chi connectivity index (χ4v) is 3.76. The van der Waals surface area contributed by atoms with Gasteiger partial charge in [0.2, 0.25) is 5.91 Å². The van der Waals surface area contributed by atoms with Crippen LogP contribution in [0.1, 0.15) is 71.8 Å². The molecule has 0 heterocycles. The maximum absolute atomic E-state index is 12.9. The highest BCUT2D eigenvalue weighted by molar-refractivity contribution is 5.86. The average molecular weight is 405 g/mol. The predicted octanol–water partition coefficient (Wildman–Crippen LogP) is 4.39. The number of methoxy groups -OCH3 is 1. The number of hydrogen-bond donors (Lipinski definition) is 2. The van der Waals surface area contributed by atoms with Gasteiger partial charge >= 0.3 is 6.09 Å². The van der Waals surface area contributed by atoms with E-state index < -0.39 is 17.7 Å². The monoisotopic (exact) mass is 404 g/mol. The minimum absolute atomic E-state index is 0.0384. The first-order valence-electron chi connectivity index (χ1n) is 10.5. The van der Waals surface area contributed by atoms with Gasteiger partial charge in [0, 0.05) is 6.04 Å². The normalized spacial score (nSPS) is 20.7. The molecule has 162 valence electrons. The van der Waals surface area contributed by atoms with Gasteiger partial charge in [-0.2, -0.15) is 0 Å². The second kappa shape index (κ2) is 9.99. The third-order valence-corrected chi connectivity index (χ3v) is 5.23.